The third-order valence-corrected chi connectivity index (χ3v) is 3.67. The molecule has 0 aliphatic carbocycles. The molecule has 0 saturated carbocycles. The maximum atomic E-state index is 11.3. The first-order valence-corrected chi connectivity index (χ1v) is 6.97. The van der Waals surface area contributed by atoms with Crippen LogP contribution in [0.3, 0.4) is 0 Å². The van der Waals surface area contributed by atoms with Gasteiger partial charge >= 0.3 is 0 Å². The van der Waals surface area contributed by atoms with Gasteiger partial charge in [0.25, 0.3) is 5.91 Å². The summed E-state index contributed by atoms with van der Waals surface area (Å²) in [4.78, 5) is 19.8. The topological polar surface area (TPSA) is 88.2 Å². The van der Waals surface area contributed by atoms with Crippen LogP contribution in [0.4, 0.5) is 0 Å². The van der Waals surface area contributed by atoms with E-state index in [-0.39, 0.29) is 12.1 Å². The van der Waals surface area contributed by atoms with Crippen LogP contribution in [-0.2, 0) is 6.42 Å². The monoisotopic (exact) mass is 337 g/mol. The zero-order valence-corrected chi connectivity index (χ0v) is 12.5. The van der Waals surface area contributed by atoms with E-state index in [1.807, 2.05) is 0 Å². The van der Waals surface area contributed by atoms with Crippen LogP contribution in [0.25, 0.3) is 11.1 Å². The number of halogens is 2. The summed E-state index contributed by atoms with van der Waals surface area (Å²) in [5.74, 6) is -0.264. The SMILES string of the molecule is O=C(NO)c1cccc(Cc2nc3cc(Cl)c(Cl)cc3o2)n1. The number of oxazole rings is 1. The molecular formula is C14H9Cl2N3O3. The predicted molar refractivity (Wildman–Crippen MR) is 80.3 cm³/mol. The summed E-state index contributed by atoms with van der Waals surface area (Å²) in [6.07, 6.45) is 0.288. The first-order valence-electron chi connectivity index (χ1n) is 6.21. The summed E-state index contributed by atoms with van der Waals surface area (Å²) in [7, 11) is 0. The van der Waals surface area contributed by atoms with Crippen molar-refractivity contribution in [3.05, 3.63) is 57.7 Å². The summed E-state index contributed by atoms with van der Waals surface area (Å²) >= 11 is 11.9. The second-order valence-electron chi connectivity index (χ2n) is 4.47. The zero-order chi connectivity index (χ0) is 15.7. The van der Waals surface area contributed by atoms with Crippen LogP contribution in [-0.4, -0.2) is 21.1 Å². The Morgan fingerprint density at radius 3 is 2.77 bits per heavy atom. The minimum Gasteiger partial charge on any atom is -0.440 e. The fraction of sp³-hybridized carbons (Fsp3) is 0.0714. The minimum absolute atomic E-state index is 0.0993. The van der Waals surface area contributed by atoms with Crippen LogP contribution < -0.4 is 5.48 Å². The summed E-state index contributed by atoms with van der Waals surface area (Å²) < 4.78 is 5.59. The number of hydrogen-bond acceptors (Lipinski definition) is 5. The summed E-state index contributed by atoms with van der Waals surface area (Å²) in [6.45, 7) is 0. The summed E-state index contributed by atoms with van der Waals surface area (Å²) in [6, 6.07) is 8.08. The second-order valence-corrected chi connectivity index (χ2v) is 5.29. The van der Waals surface area contributed by atoms with E-state index in [9.17, 15) is 4.79 Å². The van der Waals surface area contributed by atoms with E-state index in [0.717, 1.165) is 0 Å². The summed E-state index contributed by atoms with van der Waals surface area (Å²) in [5.41, 5.74) is 3.32. The number of amides is 1. The number of benzene rings is 1. The molecule has 112 valence electrons. The van der Waals surface area contributed by atoms with E-state index >= 15 is 0 Å². The van der Waals surface area contributed by atoms with Gasteiger partial charge in [0, 0.05) is 6.07 Å². The lowest BCUT2D eigenvalue weighted by Crippen LogP contribution is -2.20. The van der Waals surface area contributed by atoms with Gasteiger partial charge in [0.1, 0.15) is 11.2 Å². The van der Waals surface area contributed by atoms with Crippen molar-refractivity contribution < 1.29 is 14.4 Å². The third-order valence-electron chi connectivity index (χ3n) is 2.95. The van der Waals surface area contributed by atoms with Crippen LogP contribution in [0.1, 0.15) is 22.1 Å². The molecule has 1 amide bonds. The molecule has 0 aliphatic heterocycles. The fourth-order valence-corrected chi connectivity index (χ4v) is 2.28. The van der Waals surface area contributed by atoms with Gasteiger partial charge in [-0.3, -0.25) is 10.0 Å². The molecule has 6 nitrogen and oxygen atoms in total. The number of pyridine rings is 1. The molecule has 0 bridgehead atoms. The average Bonchev–Trinajstić information content (AvgIpc) is 2.88. The Morgan fingerprint density at radius 2 is 2.00 bits per heavy atom. The minimum atomic E-state index is -0.682. The van der Waals surface area contributed by atoms with Crippen molar-refractivity contribution in [2.24, 2.45) is 0 Å². The average molecular weight is 338 g/mol. The van der Waals surface area contributed by atoms with E-state index < -0.39 is 5.91 Å². The second kappa shape index (κ2) is 5.92. The molecule has 1 aromatic carbocycles. The lowest BCUT2D eigenvalue weighted by Gasteiger charge is -2.00. The molecule has 2 aromatic heterocycles. The van der Waals surface area contributed by atoms with E-state index in [2.05, 4.69) is 9.97 Å². The highest BCUT2D eigenvalue weighted by Gasteiger charge is 2.12. The van der Waals surface area contributed by atoms with Crippen LogP contribution >= 0.6 is 23.2 Å². The number of carbonyl (C=O) groups is 1. The van der Waals surface area contributed by atoms with Gasteiger partial charge < -0.3 is 4.42 Å². The predicted octanol–water partition coefficient (Wildman–Crippen LogP) is 3.24. The molecule has 2 N–H and O–H groups in total. The third kappa shape index (κ3) is 2.89. The van der Waals surface area contributed by atoms with Gasteiger partial charge in [-0.05, 0) is 18.2 Å². The lowest BCUT2D eigenvalue weighted by atomic mass is 10.2. The molecule has 3 rings (SSSR count). The molecule has 0 unspecified atom stereocenters. The van der Waals surface area contributed by atoms with Crippen LogP contribution in [0, 0.1) is 0 Å². The highest BCUT2D eigenvalue weighted by molar-refractivity contribution is 6.42. The van der Waals surface area contributed by atoms with Crippen LogP contribution in [0.15, 0.2) is 34.7 Å². The Balaban J connectivity index is 1.91. The quantitative estimate of drug-likeness (QED) is 0.565. The normalized spacial score (nSPS) is 10.9. The maximum Gasteiger partial charge on any atom is 0.293 e. The van der Waals surface area contributed by atoms with E-state index in [0.29, 0.717) is 32.7 Å². The Kier molecular flexibility index (Phi) is 3.98. The molecule has 22 heavy (non-hydrogen) atoms. The van der Waals surface area contributed by atoms with E-state index in [4.69, 9.17) is 32.8 Å². The smallest absolute Gasteiger partial charge is 0.293 e. The highest BCUT2D eigenvalue weighted by atomic mass is 35.5. The first-order chi connectivity index (χ1) is 10.6. The van der Waals surface area contributed by atoms with Gasteiger partial charge in [-0.25, -0.2) is 15.4 Å². The summed E-state index contributed by atoms with van der Waals surface area (Å²) in [5, 5.41) is 9.40. The van der Waals surface area contributed by atoms with Crippen molar-refractivity contribution in [1.82, 2.24) is 15.4 Å². The first kappa shape index (κ1) is 14.8. The fourth-order valence-electron chi connectivity index (χ4n) is 1.96. The molecular weight excluding hydrogens is 329 g/mol. The number of rotatable bonds is 3. The van der Waals surface area contributed by atoms with Crippen molar-refractivity contribution in [3.8, 4) is 0 Å². The van der Waals surface area contributed by atoms with Gasteiger partial charge in [0.2, 0.25) is 5.89 Å². The molecule has 2 heterocycles. The number of fused-ring (bicyclic) bond motifs is 1. The van der Waals surface area contributed by atoms with Gasteiger partial charge in [-0.1, -0.05) is 29.3 Å². The van der Waals surface area contributed by atoms with Crippen molar-refractivity contribution in [3.63, 3.8) is 0 Å². The number of hydrogen-bond donors (Lipinski definition) is 2. The van der Waals surface area contributed by atoms with Gasteiger partial charge in [-0.2, -0.15) is 0 Å². The van der Waals surface area contributed by atoms with Gasteiger partial charge in [-0.15, -0.1) is 0 Å². The largest absolute Gasteiger partial charge is 0.440 e. The van der Waals surface area contributed by atoms with Crippen LogP contribution in [0.2, 0.25) is 10.0 Å². The molecule has 0 atom stereocenters. The zero-order valence-electron chi connectivity index (χ0n) is 11.0. The van der Waals surface area contributed by atoms with Crippen molar-refractivity contribution in [2.45, 2.75) is 6.42 Å². The standard InChI is InChI=1S/C14H9Cl2N3O3/c15-8-5-11-12(6-9(8)16)22-13(18-11)4-7-2-1-3-10(17-7)14(20)19-21/h1-3,5-6,21H,4H2,(H,19,20). The Hall–Kier alpha value is -2.15. The lowest BCUT2D eigenvalue weighted by molar-refractivity contribution is 0.0700. The number of nitrogens with zero attached hydrogens (tertiary/aromatic N) is 2. The van der Waals surface area contributed by atoms with Crippen LogP contribution in [0.5, 0.6) is 0 Å². The molecule has 0 spiro atoms. The number of aromatic nitrogens is 2. The Morgan fingerprint density at radius 1 is 1.23 bits per heavy atom. The Bertz CT molecular complexity index is 825. The number of nitrogens with one attached hydrogen (secondary N) is 1. The molecule has 3 aromatic rings. The van der Waals surface area contributed by atoms with E-state index in [1.54, 1.807) is 24.3 Å². The molecule has 8 heteroatoms. The molecule has 0 radical (unpaired) electrons. The number of carbonyl (C=O) groups excluding carboxylic acids is 1. The molecule has 0 aliphatic rings. The van der Waals surface area contributed by atoms with Crippen molar-refractivity contribution in [1.29, 1.82) is 0 Å². The van der Waals surface area contributed by atoms with Gasteiger partial charge in [0.15, 0.2) is 5.58 Å². The number of hydroxylamine groups is 1. The molecule has 0 saturated heterocycles. The maximum absolute atomic E-state index is 11.3. The van der Waals surface area contributed by atoms with E-state index in [1.165, 1.54) is 11.5 Å². The molecule has 0 fully saturated rings. The van der Waals surface area contributed by atoms with Crippen molar-refractivity contribution in [2.75, 3.05) is 0 Å². The Labute approximate surface area is 134 Å². The van der Waals surface area contributed by atoms with Crippen molar-refractivity contribution >= 4 is 40.2 Å². The highest BCUT2D eigenvalue weighted by Crippen LogP contribution is 2.28. The van der Waals surface area contributed by atoms with Gasteiger partial charge in [0.05, 0.1) is 22.2 Å².